The van der Waals surface area contributed by atoms with Crippen LogP contribution in [0.5, 0.6) is 0 Å². The summed E-state index contributed by atoms with van der Waals surface area (Å²) < 4.78 is 7.57. The topological polar surface area (TPSA) is 73.8 Å². The highest BCUT2D eigenvalue weighted by Crippen LogP contribution is 2.18. The summed E-state index contributed by atoms with van der Waals surface area (Å²) in [4.78, 5) is 11.9. The number of halogens is 1. The Balaban J connectivity index is 1.96. The van der Waals surface area contributed by atoms with Crippen molar-refractivity contribution in [3.63, 3.8) is 0 Å². The standard InChI is InChI=1S/C14H11BrN4O2/c1-9-16-17-13(21-9)8-19-14(20)7-6-12(18-19)10-2-4-11(15)5-3-10/h2-7H,8H2,1H3. The highest BCUT2D eigenvalue weighted by molar-refractivity contribution is 9.10. The quantitative estimate of drug-likeness (QED) is 0.727. The van der Waals surface area contributed by atoms with E-state index in [1.165, 1.54) is 10.7 Å². The van der Waals surface area contributed by atoms with Crippen molar-refractivity contribution in [2.75, 3.05) is 0 Å². The molecule has 21 heavy (non-hydrogen) atoms. The van der Waals surface area contributed by atoms with Crippen LogP contribution in [-0.2, 0) is 6.54 Å². The Labute approximate surface area is 128 Å². The van der Waals surface area contributed by atoms with E-state index in [1.54, 1.807) is 13.0 Å². The summed E-state index contributed by atoms with van der Waals surface area (Å²) in [5.74, 6) is 0.817. The molecule has 0 saturated heterocycles. The molecule has 0 aliphatic carbocycles. The molecular weight excluding hydrogens is 336 g/mol. The van der Waals surface area contributed by atoms with Crippen LogP contribution in [0.15, 0.2) is 50.1 Å². The first kappa shape index (κ1) is 13.7. The molecule has 2 heterocycles. The second-order valence-corrected chi connectivity index (χ2v) is 5.35. The lowest BCUT2D eigenvalue weighted by Gasteiger charge is -2.05. The first-order valence-electron chi connectivity index (χ1n) is 6.25. The molecule has 106 valence electrons. The number of rotatable bonds is 3. The molecule has 0 saturated carbocycles. The van der Waals surface area contributed by atoms with Crippen LogP contribution >= 0.6 is 15.9 Å². The highest BCUT2D eigenvalue weighted by atomic mass is 79.9. The van der Waals surface area contributed by atoms with Gasteiger partial charge in [-0.3, -0.25) is 4.79 Å². The van der Waals surface area contributed by atoms with Crippen LogP contribution in [0.2, 0.25) is 0 Å². The molecule has 0 spiro atoms. The van der Waals surface area contributed by atoms with Gasteiger partial charge in [-0.25, -0.2) is 4.68 Å². The van der Waals surface area contributed by atoms with Crippen LogP contribution in [0, 0.1) is 6.92 Å². The second kappa shape index (κ2) is 5.61. The molecule has 0 bridgehead atoms. The van der Waals surface area contributed by atoms with E-state index in [2.05, 4.69) is 31.2 Å². The number of hydrogen-bond donors (Lipinski definition) is 0. The molecule has 0 aliphatic heterocycles. The third kappa shape index (κ3) is 3.08. The van der Waals surface area contributed by atoms with Gasteiger partial charge >= 0.3 is 0 Å². The molecule has 0 unspecified atom stereocenters. The van der Waals surface area contributed by atoms with Crippen molar-refractivity contribution in [1.82, 2.24) is 20.0 Å². The minimum atomic E-state index is -0.216. The van der Waals surface area contributed by atoms with E-state index in [1.807, 2.05) is 24.3 Å². The van der Waals surface area contributed by atoms with Gasteiger partial charge in [-0.1, -0.05) is 28.1 Å². The highest BCUT2D eigenvalue weighted by Gasteiger charge is 2.08. The summed E-state index contributed by atoms with van der Waals surface area (Å²) in [5.41, 5.74) is 1.42. The van der Waals surface area contributed by atoms with Crippen LogP contribution in [-0.4, -0.2) is 20.0 Å². The van der Waals surface area contributed by atoms with E-state index in [0.717, 1.165) is 10.0 Å². The lowest BCUT2D eigenvalue weighted by Crippen LogP contribution is -2.23. The van der Waals surface area contributed by atoms with Crippen molar-refractivity contribution in [3.05, 3.63) is 63.0 Å². The summed E-state index contributed by atoms with van der Waals surface area (Å²) in [6.07, 6.45) is 0. The molecule has 3 aromatic rings. The van der Waals surface area contributed by atoms with E-state index < -0.39 is 0 Å². The Morgan fingerprint density at radius 1 is 1.14 bits per heavy atom. The van der Waals surface area contributed by atoms with Crippen molar-refractivity contribution in [3.8, 4) is 11.3 Å². The molecule has 1 aromatic carbocycles. The maximum atomic E-state index is 11.9. The van der Waals surface area contributed by atoms with Crippen molar-refractivity contribution >= 4 is 15.9 Å². The van der Waals surface area contributed by atoms with E-state index in [4.69, 9.17) is 4.42 Å². The molecule has 3 rings (SSSR count). The fourth-order valence-electron chi connectivity index (χ4n) is 1.87. The molecule has 7 heteroatoms. The van der Waals surface area contributed by atoms with Gasteiger partial charge in [-0.15, -0.1) is 10.2 Å². The molecule has 0 fully saturated rings. The molecule has 0 N–H and O–H groups in total. The van der Waals surface area contributed by atoms with Crippen molar-refractivity contribution in [2.24, 2.45) is 0 Å². The second-order valence-electron chi connectivity index (χ2n) is 4.44. The summed E-state index contributed by atoms with van der Waals surface area (Å²) in [7, 11) is 0. The molecule has 0 radical (unpaired) electrons. The lowest BCUT2D eigenvalue weighted by molar-refractivity contribution is 0.438. The number of aryl methyl sites for hydroxylation is 1. The first-order valence-corrected chi connectivity index (χ1v) is 7.04. The van der Waals surface area contributed by atoms with E-state index in [9.17, 15) is 4.79 Å². The first-order chi connectivity index (χ1) is 10.1. The van der Waals surface area contributed by atoms with Crippen molar-refractivity contribution in [1.29, 1.82) is 0 Å². The fourth-order valence-corrected chi connectivity index (χ4v) is 2.13. The van der Waals surface area contributed by atoms with Crippen LogP contribution in [0.25, 0.3) is 11.3 Å². The SMILES string of the molecule is Cc1nnc(Cn2nc(-c3ccc(Br)cc3)ccc2=O)o1. The van der Waals surface area contributed by atoms with Gasteiger partial charge in [0, 0.05) is 23.0 Å². The van der Waals surface area contributed by atoms with Gasteiger partial charge in [0.05, 0.1) is 5.69 Å². The third-order valence-electron chi connectivity index (χ3n) is 2.86. The normalized spacial score (nSPS) is 10.8. The van der Waals surface area contributed by atoms with E-state index >= 15 is 0 Å². The van der Waals surface area contributed by atoms with Crippen LogP contribution < -0.4 is 5.56 Å². The zero-order chi connectivity index (χ0) is 14.8. The fraction of sp³-hybridized carbons (Fsp3) is 0.143. The largest absolute Gasteiger partial charge is 0.424 e. The molecule has 0 amide bonds. The van der Waals surface area contributed by atoms with Crippen LogP contribution in [0.3, 0.4) is 0 Å². The minimum Gasteiger partial charge on any atom is -0.424 e. The molecule has 0 aliphatic rings. The van der Waals surface area contributed by atoms with E-state index in [0.29, 0.717) is 17.5 Å². The van der Waals surface area contributed by atoms with E-state index in [-0.39, 0.29) is 12.1 Å². The van der Waals surface area contributed by atoms with Crippen LogP contribution in [0.4, 0.5) is 0 Å². The zero-order valence-corrected chi connectivity index (χ0v) is 12.7. The van der Waals surface area contributed by atoms with Gasteiger partial charge in [0.1, 0.15) is 6.54 Å². The summed E-state index contributed by atoms with van der Waals surface area (Å²) in [5, 5.41) is 11.9. The predicted molar refractivity (Wildman–Crippen MR) is 79.8 cm³/mol. The average Bonchev–Trinajstić information content (AvgIpc) is 2.88. The Hall–Kier alpha value is -2.28. The Kier molecular flexibility index (Phi) is 3.66. The average molecular weight is 347 g/mol. The third-order valence-corrected chi connectivity index (χ3v) is 3.39. The summed E-state index contributed by atoms with van der Waals surface area (Å²) in [6.45, 7) is 1.86. The minimum absolute atomic E-state index is 0.157. The predicted octanol–water partition coefficient (Wildman–Crippen LogP) is 2.41. The van der Waals surface area contributed by atoms with Crippen molar-refractivity contribution < 1.29 is 4.42 Å². The molecular formula is C14H11BrN4O2. The monoisotopic (exact) mass is 346 g/mol. The zero-order valence-electron chi connectivity index (χ0n) is 11.2. The maximum Gasteiger partial charge on any atom is 0.267 e. The molecule has 6 nitrogen and oxygen atoms in total. The van der Waals surface area contributed by atoms with Gasteiger partial charge < -0.3 is 4.42 Å². The maximum absolute atomic E-state index is 11.9. The molecule has 0 atom stereocenters. The number of hydrogen-bond acceptors (Lipinski definition) is 5. The van der Waals surface area contributed by atoms with Crippen LogP contribution in [0.1, 0.15) is 11.8 Å². The Morgan fingerprint density at radius 2 is 1.90 bits per heavy atom. The number of aromatic nitrogens is 4. The van der Waals surface area contributed by atoms with Gasteiger partial charge in [-0.2, -0.15) is 5.10 Å². The number of nitrogens with zero attached hydrogens (tertiary/aromatic N) is 4. The van der Waals surface area contributed by atoms with Crippen molar-refractivity contribution in [2.45, 2.75) is 13.5 Å². The summed E-state index contributed by atoms with van der Waals surface area (Å²) in [6, 6.07) is 10.9. The summed E-state index contributed by atoms with van der Waals surface area (Å²) >= 11 is 3.39. The smallest absolute Gasteiger partial charge is 0.267 e. The van der Waals surface area contributed by atoms with Gasteiger partial charge in [0.15, 0.2) is 0 Å². The van der Waals surface area contributed by atoms with Gasteiger partial charge in [0.25, 0.3) is 5.56 Å². The lowest BCUT2D eigenvalue weighted by atomic mass is 10.1. The van der Waals surface area contributed by atoms with Gasteiger partial charge in [-0.05, 0) is 18.2 Å². The molecule has 2 aromatic heterocycles. The van der Waals surface area contributed by atoms with Gasteiger partial charge in [0.2, 0.25) is 11.8 Å². The Morgan fingerprint density at radius 3 is 2.57 bits per heavy atom. The Bertz CT molecular complexity index is 823. The number of benzene rings is 1.